The van der Waals surface area contributed by atoms with E-state index in [1.54, 1.807) is 0 Å². The molecule has 0 N–H and O–H groups in total. The molecule has 0 saturated heterocycles. The Balaban J connectivity index is 1.000. The Bertz CT molecular complexity index is 4110. The van der Waals surface area contributed by atoms with Gasteiger partial charge in [-0.25, -0.2) is 0 Å². The Morgan fingerprint density at radius 1 is 0.264 bits per heavy atom. The van der Waals surface area contributed by atoms with E-state index < -0.39 is 0 Å². The molecule has 3 aromatic heterocycles. The fourth-order valence-corrected chi connectivity index (χ4v) is 14.2. The van der Waals surface area contributed by atoms with Crippen LogP contribution in [0.4, 0.5) is 0 Å². The van der Waals surface area contributed by atoms with E-state index in [4.69, 9.17) is 13.3 Å². The van der Waals surface area contributed by atoms with Crippen molar-refractivity contribution >= 4 is 65.8 Å². The topological polar surface area (TPSA) is 39.4 Å². The number of hydrogen-bond acceptors (Lipinski definition) is 3. The Morgan fingerprint density at radius 2 is 0.542 bits per heavy atom. The van der Waals surface area contributed by atoms with Gasteiger partial charge in [-0.15, -0.1) is 0 Å². The largest absolute Gasteiger partial charge is 0.455 e. The number of benzene rings is 10. The van der Waals surface area contributed by atoms with Crippen molar-refractivity contribution in [3.8, 4) is 66.8 Å². The summed E-state index contributed by atoms with van der Waals surface area (Å²) in [5.74, 6) is 0. The van der Waals surface area contributed by atoms with Crippen molar-refractivity contribution < 1.29 is 13.3 Å². The quantitative estimate of drug-likeness (QED) is 0.177. The molecule has 16 rings (SSSR count). The fourth-order valence-electron chi connectivity index (χ4n) is 14.2. The second-order valence-electron chi connectivity index (χ2n) is 22.2. The molecule has 3 aliphatic rings. The Labute approximate surface area is 417 Å². The second-order valence-corrected chi connectivity index (χ2v) is 22.2. The van der Waals surface area contributed by atoms with Gasteiger partial charge < -0.3 is 13.3 Å². The van der Waals surface area contributed by atoms with E-state index in [0.29, 0.717) is 0 Å². The van der Waals surface area contributed by atoms with Gasteiger partial charge in [-0.1, -0.05) is 187 Å². The van der Waals surface area contributed by atoms with Crippen molar-refractivity contribution in [2.75, 3.05) is 0 Å². The predicted octanol–water partition coefficient (Wildman–Crippen LogP) is 19.3. The minimum Gasteiger partial charge on any atom is -0.455 e. The average molecular weight is 925 g/mol. The number of rotatable bonds is 3. The molecule has 0 fully saturated rings. The highest BCUT2D eigenvalue weighted by atomic mass is 16.3. The maximum absolute atomic E-state index is 6.71. The molecule has 72 heavy (non-hydrogen) atoms. The molecule has 3 heterocycles. The van der Waals surface area contributed by atoms with E-state index >= 15 is 0 Å². The Morgan fingerprint density at radius 3 is 0.847 bits per heavy atom. The molecule has 3 heteroatoms. The summed E-state index contributed by atoms with van der Waals surface area (Å²) in [6, 6.07) is 66.8. The summed E-state index contributed by atoms with van der Waals surface area (Å²) in [5.41, 5.74) is 27.7. The van der Waals surface area contributed by atoms with E-state index in [1.807, 2.05) is 0 Å². The van der Waals surface area contributed by atoms with Crippen molar-refractivity contribution in [3.05, 3.63) is 215 Å². The van der Waals surface area contributed by atoms with Crippen LogP contribution in [0, 0.1) is 0 Å². The molecule has 0 spiro atoms. The van der Waals surface area contributed by atoms with E-state index in [2.05, 4.69) is 224 Å². The molecule has 0 unspecified atom stereocenters. The summed E-state index contributed by atoms with van der Waals surface area (Å²) in [5, 5.41) is 6.85. The molecule has 0 atom stereocenters. The highest BCUT2D eigenvalue weighted by molar-refractivity contribution is 6.14. The molecule has 0 radical (unpaired) electrons. The minimum absolute atomic E-state index is 0.326. The third-order valence-electron chi connectivity index (χ3n) is 17.4. The van der Waals surface area contributed by atoms with E-state index in [-0.39, 0.29) is 16.2 Å². The van der Waals surface area contributed by atoms with Gasteiger partial charge in [-0.3, -0.25) is 0 Å². The summed E-state index contributed by atoms with van der Waals surface area (Å²) < 4.78 is 20.1. The zero-order valence-electron chi connectivity index (χ0n) is 41.0. The fraction of sp³-hybridized carbons (Fsp3) is 0.130. The van der Waals surface area contributed by atoms with Crippen LogP contribution in [0.25, 0.3) is 133 Å². The van der Waals surface area contributed by atoms with Gasteiger partial charge in [0.05, 0.1) is 0 Å². The minimum atomic E-state index is -0.326. The van der Waals surface area contributed by atoms with Crippen molar-refractivity contribution in [2.24, 2.45) is 0 Å². The summed E-state index contributed by atoms with van der Waals surface area (Å²) in [6.45, 7) is 14.8. The van der Waals surface area contributed by atoms with Crippen LogP contribution in [0.3, 0.4) is 0 Å². The van der Waals surface area contributed by atoms with Gasteiger partial charge in [0, 0.05) is 65.3 Å². The number of hydrogen-bond donors (Lipinski definition) is 0. The standard InChI is InChI=1S/C69H48O3/c1-67(2)52-31-28-37(40-19-13-22-46-43-16-7-10-25-55(43)70-64(40)46)34-49(52)58-61(67)59-50-35-38(41-20-14-23-47-44-17-8-11-26-56(44)71-65(41)47)29-32-53(50)68(3,4)63(59)60-51-36-39(30-33-54(51)69(5,6)62(58)60)42-21-15-24-48-45-18-9-12-27-57(45)72-66(42)48/h7-36H,1-6H3. The molecular formula is C69H48O3. The molecule has 0 saturated carbocycles. The van der Waals surface area contributed by atoms with Gasteiger partial charge in [-0.2, -0.15) is 0 Å². The maximum Gasteiger partial charge on any atom is 0.143 e. The normalized spacial score (nSPS) is 15.4. The van der Waals surface area contributed by atoms with Crippen LogP contribution in [0.5, 0.6) is 0 Å². The zero-order valence-corrected chi connectivity index (χ0v) is 41.0. The molecule has 0 bridgehead atoms. The summed E-state index contributed by atoms with van der Waals surface area (Å²) in [6.07, 6.45) is 0. The molecule has 13 aromatic rings. The highest BCUT2D eigenvalue weighted by Crippen LogP contribution is 2.68. The molecular weight excluding hydrogens is 877 g/mol. The number of para-hydroxylation sites is 6. The van der Waals surface area contributed by atoms with Crippen LogP contribution >= 0.6 is 0 Å². The van der Waals surface area contributed by atoms with Crippen LogP contribution in [0.1, 0.15) is 74.9 Å². The van der Waals surface area contributed by atoms with Crippen LogP contribution in [-0.2, 0) is 16.2 Å². The van der Waals surface area contributed by atoms with Crippen LogP contribution in [-0.4, -0.2) is 0 Å². The van der Waals surface area contributed by atoms with E-state index in [9.17, 15) is 0 Å². The summed E-state index contributed by atoms with van der Waals surface area (Å²) in [4.78, 5) is 0. The van der Waals surface area contributed by atoms with E-state index in [1.165, 1.54) is 66.8 Å². The Kier molecular flexibility index (Phi) is 7.57. The number of furan rings is 3. The van der Waals surface area contributed by atoms with Gasteiger partial charge in [0.2, 0.25) is 0 Å². The summed E-state index contributed by atoms with van der Waals surface area (Å²) >= 11 is 0. The molecule has 0 amide bonds. The van der Waals surface area contributed by atoms with Gasteiger partial charge in [-0.05, 0) is 120 Å². The first kappa shape index (κ1) is 40.3. The van der Waals surface area contributed by atoms with Crippen molar-refractivity contribution in [1.82, 2.24) is 0 Å². The SMILES string of the molecule is CC1(C)c2ccc(-c3cccc4c3oc3ccccc34)cc2-c2c1c1c(c3c2C(C)(C)c2ccc(-c4cccc5c4oc4ccccc45)cc2-3)C(C)(C)c2ccc(-c3cccc4c3oc3ccccc34)cc2-1. The van der Waals surface area contributed by atoms with Crippen molar-refractivity contribution in [1.29, 1.82) is 0 Å². The molecule has 342 valence electrons. The molecule has 3 nitrogen and oxygen atoms in total. The lowest BCUT2D eigenvalue weighted by Gasteiger charge is -2.31. The van der Waals surface area contributed by atoms with Crippen LogP contribution in [0.2, 0.25) is 0 Å². The molecule has 10 aromatic carbocycles. The maximum atomic E-state index is 6.71. The third-order valence-corrected chi connectivity index (χ3v) is 17.4. The predicted molar refractivity (Wildman–Crippen MR) is 297 cm³/mol. The average Bonchev–Trinajstić information content (AvgIpc) is 4.22. The first-order valence-corrected chi connectivity index (χ1v) is 25.4. The van der Waals surface area contributed by atoms with Crippen molar-refractivity contribution in [2.45, 2.75) is 57.8 Å². The lowest BCUT2D eigenvalue weighted by Crippen LogP contribution is -2.22. The highest BCUT2D eigenvalue weighted by Gasteiger charge is 2.52. The first-order chi connectivity index (χ1) is 35.0. The lowest BCUT2D eigenvalue weighted by atomic mass is 9.71. The van der Waals surface area contributed by atoms with Gasteiger partial charge >= 0.3 is 0 Å². The smallest absolute Gasteiger partial charge is 0.143 e. The van der Waals surface area contributed by atoms with E-state index in [0.717, 1.165) is 99.2 Å². The van der Waals surface area contributed by atoms with Gasteiger partial charge in [0.15, 0.2) is 0 Å². The van der Waals surface area contributed by atoms with Crippen LogP contribution < -0.4 is 0 Å². The monoisotopic (exact) mass is 924 g/mol. The molecule has 3 aliphatic carbocycles. The van der Waals surface area contributed by atoms with Gasteiger partial charge in [0.25, 0.3) is 0 Å². The van der Waals surface area contributed by atoms with Crippen molar-refractivity contribution in [3.63, 3.8) is 0 Å². The van der Waals surface area contributed by atoms with Crippen LogP contribution in [0.15, 0.2) is 195 Å². The lowest BCUT2D eigenvalue weighted by molar-refractivity contribution is 0.636. The second kappa shape index (κ2) is 13.5. The Hall–Kier alpha value is -8.40. The zero-order chi connectivity index (χ0) is 48.2. The summed E-state index contributed by atoms with van der Waals surface area (Å²) in [7, 11) is 0. The third kappa shape index (κ3) is 4.96. The first-order valence-electron chi connectivity index (χ1n) is 25.4. The number of fused-ring (bicyclic) bond motifs is 21. The molecule has 0 aliphatic heterocycles. The van der Waals surface area contributed by atoms with Gasteiger partial charge in [0.1, 0.15) is 33.5 Å².